The van der Waals surface area contributed by atoms with Gasteiger partial charge in [0.2, 0.25) is 0 Å². The van der Waals surface area contributed by atoms with Crippen molar-refractivity contribution in [1.29, 1.82) is 0 Å². The molecule has 1 atom stereocenters. The first kappa shape index (κ1) is 18.5. The molecule has 7 nitrogen and oxygen atoms in total. The summed E-state index contributed by atoms with van der Waals surface area (Å²) in [5, 5.41) is 23.4. The van der Waals surface area contributed by atoms with Crippen molar-refractivity contribution in [2.45, 2.75) is 19.8 Å². The first-order chi connectivity index (χ1) is 11.5. The van der Waals surface area contributed by atoms with Gasteiger partial charge in [-0.05, 0) is 37.9 Å². The van der Waals surface area contributed by atoms with Crippen LogP contribution in [0.5, 0.6) is 0 Å². The Morgan fingerprint density at radius 3 is 2.67 bits per heavy atom. The van der Waals surface area contributed by atoms with Gasteiger partial charge in [-0.15, -0.1) is 0 Å². The average Bonchev–Trinajstić information content (AvgIpc) is 2.58. The summed E-state index contributed by atoms with van der Waals surface area (Å²) in [6, 6.07) is 5.32. The van der Waals surface area contributed by atoms with Crippen LogP contribution in [0.3, 0.4) is 0 Å². The van der Waals surface area contributed by atoms with E-state index in [1.54, 1.807) is 6.07 Å². The van der Waals surface area contributed by atoms with E-state index in [0.29, 0.717) is 18.2 Å². The predicted molar refractivity (Wildman–Crippen MR) is 96.8 cm³/mol. The fourth-order valence-corrected chi connectivity index (χ4v) is 2.91. The zero-order chi connectivity index (χ0) is 17.5. The van der Waals surface area contributed by atoms with Gasteiger partial charge in [0.25, 0.3) is 5.69 Å². The molecule has 1 aliphatic heterocycles. The van der Waals surface area contributed by atoms with Crippen LogP contribution in [0.25, 0.3) is 0 Å². The third-order valence-electron chi connectivity index (χ3n) is 4.54. The van der Waals surface area contributed by atoms with Crippen molar-refractivity contribution in [2.75, 3.05) is 56.6 Å². The van der Waals surface area contributed by atoms with Crippen LogP contribution in [0.4, 0.5) is 17.1 Å². The molecule has 0 amide bonds. The molecule has 0 saturated carbocycles. The van der Waals surface area contributed by atoms with Gasteiger partial charge < -0.3 is 20.2 Å². The zero-order valence-corrected chi connectivity index (χ0v) is 14.6. The van der Waals surface area contributed by atoms with E-state index in [-0.39, 0.29) is 17.2 Å². The van der Waals surface area contributed by atoms with Crippen molar-refractivity contribution < 1.29 is 10.0 Å². The zero-order valence-electron chi connectivity index (χ0n) is 14.6. The maximum absolute atomic E-state index is 11.3. The predicted octanol–water partition coefficient (Wildman–Crippen LogP) is 2.17. The molecule has 2 rings (SSSR count). The quantitative estimate of drug-likeness (QED) is 0.559. The first-order valence-corrected chi connectivity index (χ1v) is 8.58. The summed E-state index contributed by atoms with van der Waals surface area (Å²) in [7, 11) is 2.11. The molecular formula is C17H28N4O3. The van der Waals surface area contributed by atoms with Crippen LogP contribution in [0.15, 0.2) is 18.2 Å². The number of hydrogen-bond acceptors (Lipinski definition) is 6. The Labute approximate surface area is 143 Å². The number of aliphatic hydroxyl groups excluding tert-OH is 1. The summed E-state index contributed by atoms with van der Waals surface area (Å²) in [5.41, 5.74) is 1.72. The third kappa shape index (κ3) is 5.07. The largest absolute Gasteiger partial charge is 0.396 e. The van der Waals surface area contributed by atoms with Gasteiger partial charge in [-0.1, -0.05) is 6.92 Å². The molecule has 0 bridgehead atoms. The maximum Gasteiger partial charge on any atom is 0.292 e. The lowest BCUT2D eigenvalue weighted by Crippen LogP contribution is -2.44. The summed E-state index contributed by atoms with van der Waals surface area (Å²) in [4.78, 5) is 15.5. The molecule has 1 aromatic rings. The van der Waals surface area contributed by atoms with Crippen molar-refractivity contribution in [2.24, 2.45) is 5.92 Å². The monoisotopic (exact) mass is 336 g/mol. The van der Waals surface area contributed by atoms with Crippen molar-refractivity contribution >= 4 is 17.1 Å². The Balaban J connectivity index is 2.08. The average molecular weight is 336 g/mol. The number of nitrogens with one attached hydrogen (secondary N) is 1. The number of rotatable bonds is 8. The molecule has 2 N–H and O–H groups in total. The molecular weight excluding hydrogens is 308 g/mol. The lowest BCUT2D eigenvalue weighted by molar-refractivity contribution is -0.383. The van der Waals surface area contributed by atoms with Gasteiger partial charge in [-0.25, -0.2) is 0 Å². The van der Waals surface area contributed by atoms with Crippen molar-refractivity contribution in [3.05, 3.63) is 28.3 Å². The van der Waals surface area contributed by atoms with Gasteiger partial charge >= 0.3 is 0 Å². The first-order valence-electron chi connectivity index (χ1n) is 8.58. The summed E-state index contributed by atoms with van der Waals surface area (Å²) >= 11 is 0. The molecule has 0 aliphatic carbocycles. The highest BCUT2D eigenvalue weighted by molar-refractivity contribution is 5.69. The van der Waals surface area contributed by atoms with Gasteiger partial charge in [0.15, 0.2) is 0 Å². The molecule has 0 radical (unpaired) electrons. The summed E-state index contributed by atoms with van der Waals surface area (Å²) in [6.07, 6.45) is 1.65. The summed E-state index contributed by atoms with van der Waals surface area (Å²) in [6.45, 7) is 6.78. The van der Waals surface area contributed by atoms with Crippen LogP contribution in [0.2, 0.25) is 0 Å². The van der Waals surface area contributed by atoms with Gasteiger partial charge in [0.05, 0.1) is 4.92 Å². The van der Waals surface area contributed by atoms with Crippen LogP contribution in [0, 0.1) is 16.0 Å². The van der Waals surface area contributed by atoms with Crippen LogP contribution in [0.1, 0.15) is 19.8 Å². The number of aliphatic hydroxyl groups is 1. The Morgan fingerprint density at radius 1 is 1.33 bits per heavy atom. The second-order valence-corrected chi connectivity index (χ2v) is 6.60. The highest BCUT2D eigenvalue weighted by atomic mass is 16.6. The van der Waals surface area contributed by atoms with Gasteiger partial charge in [0.1, 0.15) is 5.69 Å². The Kier molecular flexibility index (Phi) is 6.81. The minimum absolute atomic E-state index is 0.113. The van der Waals surface area contributed by atoms with E-state index in [1.807, 2.05) is 12.1 Å². The smallest absolute Gasteiger partial charge is 0.292 e. The highest BCUT2D eigenvalue weighted by Crippen LogP contribution is 2.30. The van der Waals surface area contributed by atoms with Gasteiger partial charge in [-0.2, -0.15) is 0 Å². The molecule has 7 heteroatoms. The van der Waals surface area contributed by atoms with Crippen LogP contribution in [-0.4, -0.2) is 61.3 Å². The number of likely N-dealkylation sites (N-methyl/N-ethyl adjacent to an activating group) is 1. The van der Waals surface area contributed by atoms with E-state index in [2.05, 4.69) is 29.1 Å². The molecule has 1 saturated heterocycles. The highest BCUT2D eigenvalue weighted by Gasteiger charge is 2.19. The Hall–Kier alpha value is -1.86. The molecule has 1 heterocycles. The van der Waals surface area contributed by atoms with Crippen molar-refractivity contribution in [1.82, 2.24) is 4.90 Å². The molecule has 1 aromatic carbocycles. The standard InChI is InChI=1S/C17H28N4O3/c1-14(4-3-11-22)13-18-16-12-15(5-6-17(16)21(23)24)20-9-7-19(2)8-10-20/h5-6,12,14,18,22H,3-4,7-11,13H2,1-2H3/t14-/m1/s1. The number of nitrogens with zero attached hydrogens (tertiary/aromatic N) is 3. The van der Waals surface area contributed by atoms with E-state index in [1.165, 1.54) is 0 Å². The number of piperazine rings is 1. The lowest BCUT2D eigenvalue weighted by Gasteiger charge is -2.34. The fourth-order valence-electron chi connectivity index (χ4n) is 2.91. The minimum atomic E-state index is -0.339. The van der Waals surface area contributed by atoms with E-state index < -0.39 is 0 Å². The number of nitro benzene ring substituents is 1. The number of benzene rings is 1. The van der Waals surface area contributed by atoms with E-state index in [4.69, 9.17) is 5.11 Å². The molecule has 0 aromatic heterocycles. The summed E-state index contributed by atoms with van der Waals surface area (Å²) in [5.74, 6) is 0.351. The molecule has 1 aliphatic rings. The Morgan fingerprint density at radius 2 is 2.04 bits per heavy atom. The van der Waals surface area contributed by atoms with Crippen molar-refractivity contribution in [3.8, 4) is 0 Å². The van der Waals surface area contributed by atoms with E-state index in [9.17, 15) is 10.1 Å². The number of nitro groups is 1. The fraction of sp³-hybridized carbons (Fsp3) is 0.647. The Bertz CT molecular complexity index is 545. The molecule has 0 spiro atoms. The van der Waals surface area contributed by atoms with Gasteiger partial charge in [-0.3, -0.25) is 10.1 Å². The molecule has 0 unspecified atom stereocenters. The molecule has 1 fully saturated rings. The molecule has 24 heavy (non-hydrogen) atoms. The third-order valence-corrected chi connectivity index (χ3v) is 4.54. The topological polar surface area (TPSA) is 81.9 Å². The van der Waals surface area contributed by atoms with Crippen LogP contribution >= 0.6 is 0 Å². The lowest BCUT2D eigenvalue weighted by atomic mass is 10.1. The van der Waals surface area contributed by atoms with E-state index >= 15 is 0 Å². The summed E-state index contributed by atoms with van der Waals surface area (Å²) < 4.78 is 0. The maximum atomic E-state index is 11.3. The number of anilines is 2. The normalized spacial score (nSPS) is 16.9. The van der Waals surface area contributed by atoms with E-state index in [0.717, 1.165) is 44.7 Å². The SMILES string of the molecule is C[C@H](CCCO)CNc1cc(N2CCN(C)CC2)ccc1[N+](=O)[O-]. The van der Waals surface area contributed by atoms with Gasteiger partial charge in [0, 0.05) is 51.1 Å². The second kappa shape index (κ2) is 8.84. The second-order valence-electron chi connectivity index (χ2n) is 6.60. The van der Waals surface area contributed by atoms with Crippen LogP contribution in [-0.2, 0) is 0 Å². The minimum Gasteiger partial charge on any atom is -0.396 e. The molecule has 134 valence electrons. The number of hydrogen-bond donors (Lipinski definition) is 2. The van der Waals surface area contributed by atoms with Crippen molar-refractivity contribution in [3.63, 3.8) is 0 Å². The van der Waals surface area contributed by atoms with Crippen LogP contribution < -0.4 is 10.2 Å².